The first kappa shape index (κ1) is 20.2. The van der Waals surface area contributed by atoms with Crippen LogP contribution in [0.5, 0.6) is 23.0 Å². The lowest BCUT2D eigenvalue weighted by Gasteiger charge is -2.17. The summed E-state index contributed by atoms with van der Waals surface area (Å²) in [6.45, 7) is 0. The smallest absolute Gasteiger partial charge is 0.420 e. The van der Waals surface area contributed by atoms with Crippen molar-refractivity contribution in [1.29, 1.82) is 0 Å². The number of hydrogen-bond acceptors (Lipinski definition) is 4. The highest BCUT2D eigenvalue weighted by molar-refractivity contribution is 5.51. The molecule has 0 aromatic heterocycles. The third kappa shape index (κ3) is 4.48. The second-order valence-electron chi connectivity index (χ2n) is 5.86. The molecule has 4 nitrogen and oxygen atoms in total. The maximum atomic E-state index is 14.2. The van der Waals surface area contributed by atoms with Crippen LogP contribution in [0.1, 0.15) is 5.56 Å². The van der Waals surface area contributed by atoms with Crippen molar-refractivity contribution in [1.82, 2.24) is 0 Å². The van der Waals surface area contributed by atoms with Gasteiger partial charge in [-0.2, -0.15) is 13.2 Å². The fourth-order valence-electron chi connectivity index (χ4n) is 2.35. The summed E-state index contributed by atoms with van der Waals surface area (Å²) in [4.78, 5) is 0. The predicted octanol–water partition coefficient (Wildman–Crippen LogP) is 5.87. The average Bonchev–Trinajstić information content (AvgIpc) is 2.62. The summed E-state index contributed by atoms with van der Waals surface area (Å²) in [5, 5.41) is 0. The lowest BCUT2D eigenvalue weighted by atomic mass is 10.1. The minimum absolute atomic E-state index is 0.0235. The molecule has 3 aromatic carbocycles. The number of halogens is 6. The van der Waals surface area contributed by atoms with E-state index in [-0.39, 0.29) is 17.4 Å². The van der Waals surface area contributed by atoms with Crippen LogP contribution in [0.4, 0.5) is 37.7 Å². The maximum absolute atomic E-state index is 14.2. The third-order valence-corrected chi connectivity index (χ3v) is 3.69. The molecule has 0 heterocycles. The molecule has 0 atom stereocenters. The van der Waals surface area contributed by atoms with E-state index < -0.39 is 52.2 Å². The Balaban J connectivity index is 2.09. The van der Waals surface area contributed by atoms with Crippen LogP contribution in [0.2, 0.25) is 0 Å². The Bertz CT molecular complexity index is 1070. The highest BCUT2D eigenvalue weighted by Gasteiger charge is 2.36. The molecule has 29 heavy (non-hydrogen) atoms. The second kappa shape index (κ2) is 7.46. The van der Waals surface area contributed by atoms with Crippen molar-refractivity contribution in [3.8, 4) is 23.0 Å². The molecule has 0 aliphatic carbocycles. The number of benzene rings is 3. The highest BCUT2D eigenvalue weighted by Crippen LogP contribution is 2.43. The quantitative estimate of drug-likeness (QED) is 0.414. The first-order valence-electron chi connectivity index (χ1n) is 7.91. The van der Waals surface area contributed by atoms with E-state index in [4.69, 9.17) is 20.9 Å². The van der Waals surface area contributed by atoms with Gasteiger partial charge in [-0.25, -0.2) is 13.2 Å². The van der Waals surface area contributed by atoms with Crippen molar-refractivity contribution in [2.75, 3.05) is 11.5 Å². The third-order valence-electron chi connectivity index (χ3n) is 3.69. The molecule has 3 rings (SSSR count). The van der Waals surface area contributed by atoms with Gasteiger partial charge in [0.25, 0.3) is 0 Å². The number of nitrogens with two attached hydrogens (primary N) is 2. The predicted molar refractivity (Wildman–Crippen MR) is 93.2 cm³/mol. The molecule has 0 aliphatic heterocycles. The molecule has 0 fully saturated rings. The van der Waals surface area contributed by atoms with Gasteiger partial charge in [0.1, 0.15) is 11.3 Å². The molecule has 0 unspecified atom stereocenters. The second-order valence-corrected chi connectivity index (χ2v) is 5.86. The zero-order valence-electron chi connectivity index (χ0n) is 14.4. The standard InChI is InChI=1S/C19H12F6N2O2/c20-12-3-1-9(26)5-16(12)28-15-8-18(14(22)7-11(15)19(23,24)25)29-17-6-10(27)2-4-13(17)21/h1-8H,26-27H2. The van der Waals surface area contributed by atoms with Gasteiger partial charge >= 0.3 is 6.18 Å². The first-order chi connectivity index (χ1) is 13.5. The van der Waals surface area contributed by atoms with Gasteiger partial charge in [0.2, 0.25) is 0 Å². The molecule has 0 aliphatic rings. The van der Waals surface area contributed by atoms with Crippen LogP contribution in [0, 0.1) is 17.5 Å². The number of hydrogen-bond donors (Lipinski definition) is 2. The van der Waals surface area contributed by atoms with Gasteiger partial charge in [0.15, 0.2) is 34.7 Å². The lowest BCUT2D eigenvalue weighted by Crippen LogP contribution is -2.09. The van der Waals surface area contributed by atoms with Crippen LogP contribution < -0.4 is 20.9 Å². The SMILES string of the molecule is Nc1ccc(F)c(Oc2cc(Oc3cc(N)ccc3F)c(C(F)(F)F)cc2F)c1. The van der Waals surface area contributed by atoms with E-state index >= 15 is 0 Å². The van der Waals surface area contributed by atoms with Gasteiger partial charge in [-0.3, -0.25) is 0 Å². The Morgan fingerprint density at radius 1 is 0.586 bits per heavy atom. The summed E-state index contributed by atoms with van der Waals surface area (Å²) in [5.41, 5.74) is 9.55. The zero-order chi connectivity index (χ0) is 21.3. The number of anilines is 2. The van der Waals surface area contributed by atoms with Crippen LogP contribution in [0.15, 0.2) is 48.5 Å². The van der Waals surface area contributed by atoms with Gasteiger partial charge in [-0.1, -0.05) is 0 Å². The molecular weight excluding hydrogens is 402 g/mol. The molecule has 4 N–H and O–H groups in total. The summed E-state index contributed by atoms with van der Waals surface area (Å²) >= 11 is 0. The van der Waals surface area contributed by atoms with Crippen LogP contribution in [0.25, 0.3) is 0 Å². The molecule has 0 spiro atoms. The number of alkyl halides is 3. The van der Waals surface area contributed by atoms with Crippen molar-refractivity contribution in [2.24, 2.45) is 0 Å². The molecule has 0 radical (unpaired) electrons. The molecule has 0 amide bonds. The van der Waals surface area contributed by atoms with E-state index in [2.05, 4.69) is 0 Å². The fourth-order valence-corrected chi connectivity index (χ4v) is 2.35. The first-order valence-corrected chi connectivity index (χ1v) is 7.91. The molecule has 3 aromatic rings. The van der Waals surface area contributed by atoms with Gasteiger partial charge in [0, 0.05) is 29.6 Å². The maximum Gasteiger partial charge on any atom is 0.420 e. The van der Waals surface area contributed by atoms with E-state index in [1.807, 2.05) is 0 Å². The van der Waals surface area contributed by atoms with E-state index in [1.54, 1.807) is 0 Å². The molecule has 0 saturated carbocycles. The van der Waals surface area contributed by atoms with Crippen molar-refractivity contribution in [3.05, 3.63) is 71.5 Å². The Hall–Kier alpha value is -3.56. The van der Waals surface area contributed by atoms with E-state index in [0.717, 1.165) is 24.3 Å². The van der Waals surface area contributed by atoms with Crippen molar-refractivity contribution >= 4 is 11.4 Å². The topological polar surface area (TPSA) is 70.5 Å². The monoisotopic (exact) mass is 414 g/mol. The van der Waals surface area contributed by atoms with E-state index in [0.29, 0.717) is 6.07 Å². The molecule has 0 saturated heterocycles. The zero-order valence-corrected chi connectivity index (χ0v) is 14.4. The Kier molecular flexibility index (Phi) is 5.19. The molecule has 10 heteroatoms. The summed E-state index contributed by atoms with van der Waals surface area (Å²) in [6, 6.07) is 6.81. The minimum atomic E-state index is -5.03. The van der Waals surface area contributed by atoms with E-state index in [9.17, 15) is 26.3 Å². The van der Waals surface area contributed by atoms with Crippen LogP contribution in [0.3, 0.4) is 0 Å². The van der Waals surface area contributed by atoms with Crippen molar-refractivity contribution in [2.45, 2.75) is 6.18 Å². The molecule has 0 bridgehead atoms. The number of nitrogen functional groups attached to an aromatic ring is 2. The average molecular weight is 414 g/mol. The minimum Gasteiger partial charge on any atom is -0.453 e. The van der Waals surface area contributed by atoms with Gasteiger partial charge in [-0.05, 0) is 30.3 Å². The van der Waals surface area contributed by atoms with Gasteiger partial charge in [0.05, 0.1) is 0 Å². The normalized spacial score (nSPS) is 11.4. The highest BCUT2D eigenvalue weighted by atomic mass is 19.4. The van der Waals surface area contributed by atoms with Gasteiger partial charge < -0.3 is 20.9 Å². The van der Waals surface area contributed by atoms with Gasteiger partial charge in [-0.15, -0.1) is 0 Å². The Morgan fingerprint density at radius 3 is 1.52 bits per heavy atom. The number of rotatable bonds is 4. The Labute approximate surface area is 160 Å². The van der Waals surface area contributed by atoms with Crippen LogP contribution in [-0.2, 0) is 6.18 Å². The largest absolute Gasteiger partial charge is 0.453 e. The van der Waals surface area contributed by atoms with Crippen molar-refractivity contribution < 1.29 is 35.8 Å². The van der Waals surface area contributed by atoms with E-state index in [1.165, 1.54) is 12.1 Å². The number of ether oxygens (including phenoxy) is 2. The molecular formula is C19H12F6N2O2. The van der Waals surface area contributed by atoms with Crippen molar-refractivity contribution in [3.63, 3.8) is 0 Å². The lowest BCUT2D eigenvalue weighted by molar-refractivity contribution is -0.138. The Morgan fingerprint density at radius 2 is 1.03 bits per heavy atom. The van der Waals surface area contributed by atoms with Crippen LogP contribution >= 0.6 is 0 Å². The fraction of sp³-hybridized carbons (Fsp3) is 0.0526. The summed E-state index contributed by atoms with van der Waals surface area (Å²) < 4.78 is 91.9. The summed E-state index contributed by atoms with van der Waals surface area (Å²) in [7, 11) is 0. The summed E-state index contributed by atoms with van der Waals surface area (Å²) in [6.07, 6.45) is -5.03. The summed E-state index contributed by atoms with van der Waals surface area (Å²) in [5.74, 6) is -6.28. The molecule has 152 valence electrons. The van der Waals surface area contributed by atoms with Crippen LogP contribution in [-0.4, -0.2) is 0 Å².